The molecule has 0 radical (unpaired) electrons. The van der Waals surface area contributed by atoms with E-state index in [2.05, 4.69) is 16.8 Å². The van der Waals surface area contributed by atoms with Crippen molar-refractivity contribution in [2.45, 2.75) is 13.0 Å². The fourth-order valence-electron chi connectivity index (χ4n) is 2.30. The maximum absolute atomic E-state index is 12.0. The highest BCUT2D eigenvalue weighted by Crippen LogP contribution is 2.16. The summed E-state index contributed by atoms with van der Waals surface area (Å²) in [5.74, 6) is -0.350. The molecule has 0 N–H and O–H groups in total. The molecule has 1 unspecified atom stereocenters. The van der Waals surface area contributed by atoms with Crippen LogP contribution in [0.15, 0.2) is 24.3 Å². The number of piperazine rings is 1. The van der Waals surface area contributed by atoms with Gasteiger partial charge >= 0.3 is 5.97 Å². The minimum absolute atomic E-state index is 0. The Labute approximate surface area is 137 Å². The molecule has 0 spiro atoms. The fraction of sp³-hybridized carbons (Fsp3) is 0.533. The topological polar surface area (TPSA) is 32.8 Å². The van der Waals surface area contributed by atoms with E-state index in [1.54, 1.807) is 24.3 Å². The summed E-state index contributed by atoms with van der Waals surface area (Å²) in [7, 11) is 2.12. The molecular weight excluding hydrogens is 311 g/mol. The third kappa shape index (κ3) is 5.47. The number of carbonyl (C=O) groups is 1. The number of benzene rings is 1. The van der Waals surface area contributed by atoms with Crippen LogP contribution in [0.25, 0.3) is 0 Å². The summed E-state index contributed by atoms with van der Waals surface area (Å²) in [5, 5.41) is 0.435. The van der Waals surface area contributed by atoms with Gasteiger partial charge in [0.05, 0.1) is 10.6 Å². The van der Waals surface area contributed by atoms with Crippen molar-refractivity contribution in [1.82, 2.24) is 9.80 Å². The van der Waals surface area contributed by atoms with Crippen molar-refractivity contribution in [3.05, 3.63) is 34.9 Å². The van der Waals surface area contributed by atoms with E-state index in [4.69, 9.17) is 16.3 Å². The first-order chi connectivity index (χ1) is 9.56. The van der Waals surface area contributed by atoms with E-state index in [-0.39, 0.29) is 24.5 Å². The minimum atomic E-state index is -0.350. The lowest BCUT2D eigenvalue weighted by molar-refractivity contribution is 0.0207. The van der Waals surface area contributed by atoms with Crippen LogP contribution < -0.4 is 0 Å². The average molecular weight is 333 g/mol. The normalized spacial score (nSPS) is 17.9. The van der Waals surface area contributed by atoms with Gasteiger partial charge in [0, 0.05) is 32.7 Å². The summed E-state index contributed by atoms with van der Waals surface area (Å²) in [6, 6.07) is 6.97. The number of ether oxygens (including phenoxy) is 1. The highest BCUT2D eigenvalue weighted by Gasteiger charge is 2.19. The molecule has 1 fully saturated rings. The van der Waals surface area contributed by atoms with Crippen LogP contribution in [-0.2, 0) is 4.74 Å². The molecule has 1 aromatic carbocycles. The van der Waals surface area contributed by atoms with Gasteiger partial charge in [0.2, 0.25) is 0 Å². The number of esters is 1. The second kappa shape index (κ2) is 8.59. The smallest absolute Gasteiger partial charge is 0.339 e. The number of hydrogen-bond donors (Lipinski definition) is 0. The Morgan fingerprint density at radius 2 is 1.90 bits per heavy atom. The zero-order valence-corrected chi connectivity index (χ0v) is 14.0. The molecule has 0 aliphatic carbocycles. The van der Waals surface area contributed by atoms with Crippen molar-refractivity contribution < 1.29 is 9.53 Å². The van der Waals surface area contributed by atoms with Crippen LogP contribution in [0.1, 0.15) is 17.3 Å². The second-order valence-corrected chi connectivity index (χ2v) is 5.71. The highest BCUT2D eigenvalue weighted by molar-refractivity contribution is 6.33. The van der Waals surface area contributed by atoms with Crippen molar-refractivity contribution in [2.24, 2.45) is 0 Å². The molecule has 0 amide bonds. The monoisotopic (exact) mass is 332 g/mol. The van der Waals surface area contributed by atoms with Crippen LogP contribution in [0, 0.1) is 0 Å². The lowest BCUT2D eigenvalue weighted by atomic mass is 10.2. The molecule has 1 heterocycles. The maximum Gasteiger partial charge on any atom is 0.339 e. The van der Waals surface area contributed by atoms with Crippen LogP contribution in [0.3, 0.4) is 0 Å². The van der Waals surface area contributed by atoms with Crippen molar-refractivity contribution in [2.75, 3.05) is 39.8 Å². The fourth-order valence-corrected chi connectivity index (χ4v) is 2.52. The molecule has 1 aliphatic rings. The lowest BCUT2D eigenvalue weighted by Gasteiger charge is -2.33. The molecule has 6 heteroatoms. The molecule has 1 atom stereocenters. The van der Waals surface area contributed by atoms with Crippen LogP contribution in [0.2, 0.25) is 5.02 Å². The van der Waals surface area contributed by atoms with Crippen molar-refractivity contribution in [3.8, 4) is 0 Å². The van der Waals surface area contributed by atoms with Crippen LogP contribution >= 0.6 is 24.0 Å². The Morgan fingerprint density at radius 1 is 1.29 bits per heavy atom. The SMILES string of the molecule is CC(CN1CCN(C)CC1)OC(=O)c1ccccc1Cl.Cl. The molecule has 21 heavy (non-hydrogen) atoms. The third-order valence-electron chi connectivity index (χ3n) is 3.51. The Morgan fingerprint density at radius 3 is 2.52 bits per heavy atom. The van der Waals surface area contributed by atoms with Crippen molar-refractivity contribution in [1.29, 1.82) is 0 Å². The van der Waals surface area contributed by atoms with Crippen molar-refractivity contribution in [3.63, 3.8) is 0 Å². The van der Waals surface area contributed by atoms with Crippen LogP contribution in [-0.4, -0.2) is 61.6 Å². The molecule has 1 aliphatic heterocycles. The van der Waals surface area contributed by atoms with E-state index in [0.717, 1.165) is 32.7 Å². The first kappa shape index (κ1) is 18.2. The van der Waals surface area contributed by atoms with Gasteiger partial charge in [-0.15, -0.1) is 12.4 Å². The highest BCUT2D eigenvalue weighted by atomic mass is 35.5. The number of halogens is 2. The molecule has 2 rings (SSSR count). The quantitative estimate of drug-likeness (QED) is 0.793. The molecule has 1 saturated heterocycles. The van der Waals surface area contributed by atoms with Gasteiger partial charge in [0.25, 0.3) is 0 Å². The molecule has 118 valence electrons. The predicted molar refractivity (Wildman–Crippen MR) is 87.5 cm³/mol. The zero-order chi connectivity index (χ0) is 14.5. The number of likely N-dealkylation sites (N-methyl/N-ethyl adjacent to an activating group) is 1. The Bertz CT molecular complexity index is 463. The predicted octanol–water partition coefficient (Wildman–Crippen LogP) is 2.55. The van der Waals surface area contributed by atoms with E-state index >= 15 is 0 Å². The molecule has 1 aromatic rings. The van der Waals surface area contributed by atoms with E-state index in [1.165, 1.54) is 0 Å². The lowest BCUT2D eigenvalue weighted by Crippen LogP contribution is -2.47. The van der Waals surface area contributed by atoms with E-state index < -0.39 is 0 Å². The van der Waals surface area contributed by atoms with E-state index in [1.807, 2.05) is 6.92 Å². The molecule has 4 nitrogen and oxygen atoms in total. The van der Waals surface area contributed by atoms with Crippen LogP contribution in [0.5, 0.6) is 0 Å². The van der Waals surface area contributed by atoms with Gasteiger partial charge in [-0.1, -0.05) is 23.7 Å². The first-order valence-corrected chi connectivity index (χ1v) is 7.30. The van der Waals surface area contributed by atoms with Gasteiger partial charge in [-0.25, -0.2) is 4.79 Å². The largest absolute Gasteiger partial charge is 0.458 e. The van der Waals surface area contributed by atoms with Gasteiger partial charge in [0.15, 0.2) is 0 Å². The molecular formula is C15H22Cl2N2O2. The summed E-state index contributed by atoms with van der Waals surface area (Å²) in [5.41, 5.74) is 0.430. The van der Waals surface area contributed by atoms with Crippen LogP contribution in [0.4, 0.5) is 0 Å². The summed E-state index contributed by atoms with van der Waals surface area (Å²) < 4.78 is 5.47. The van der Waals surface area contributed by atoms with Gasteiger partial charge in [0.1, 0.15) is 6.10 Å². The minimum Gasteiger partial charge on any atom is -0.458 e. The summed E-state index contributed by atoms with van der Waals surface area (Å²) in [4.78, 5) is 16.7. The maximum atomic E-state index is 12.0. The van der Waals surface area contributed by atoms with E-state index in [0.29, 0.717) is 10.6 Å². The third-order valence-corrected chi connectivity index (χ3v) is 3.84. The van der Waals surface area contributed by atoms with Gasteiger partial charge < -0.3 is 9.64 Å². The Balaban J connectivity index is 0.00000220. The van der Waals surface area contributed by atoms with E-state index in [9.17, 15) is 4.79 Å². The zero-order valence-electron chi connectivity index (χ0n) is 12.4. The van der Waals surface area contributed by atoms with Gasteiger partial charge in [-0.3, -0.25) is 4.90 Å². The Kier molecular flexibility index (Phi) is 7.46. The molecule has 0 aromatic heterocycles. The number of nitrogens with zero attached hydrogens (tertiary/aromatic N) is 2. The second-order valence-electron chi connectivity index (χ2n) is 5.30. The molecule has 0 saturated carbocycles. The summed E-state index contributed by atoms with van der Waals surface area (Å²) >= 11 is 5.99. The number of carbonyl (C=O) groups excluding carboxylic acids is 1. The Hall–Kier alpha value is -0.810. The standard InChI is InChI=1S/C15H21ClN2O2.ClH/c1-12(11-18-9-7-17(2)8-10-18)20-15(19)13-5-3-4-6-14(13)16;/h3-6,12H,7-11H2,1-2H3;1H. The van der Waals surface area contributed by atoms with Gasteiger partial charge in [-0.2, -0.15) is 0 Å². The number of rotatable bonds is 4. The van der Waals surface area contributed by atoms with Gasteiger partial charge in [-0.05, 0) is 26.1 Å². The number of hydrogen-bond acceptors (Lipinski definition) is 4. The summed E-state index contributed by atoms with van der Waals surface area (Å²) in [6.45, 7) is 6.85. The van der Waals surface area contributed by atoms with Crippen molar-refractivity contribution >= 4 is 30.0 Å². The molecule has 0 bridgehead atoms. The first-order valence-electron chi connectivity index (χ1n) is 6.92. The summed E-state index contributed by atoms with van der Waals surface area (Å²) in [6.07, 6.45) is -0.137. The average Bonchev–Trinajstić information content (AvgIpc) is 2.41.